The molecule has 0 saturated heterocycles. The Morgan fingerprint density at radius 2 is 1.65 bits per heavy atom. The fraction of sp³-hybridized carbons (Fsp3) is 0.188. The summed E-state index contributed by atoms with van der Waals surface area (Å²) in [5.74, 6) is -2.23. The molecule has 0 unspecified atom stereocenters. The van der Waals surface area contributed by atoms with Crippen molar-refractivity contribution in [3.05, 3.63) is 65.2 Å². The second-order valence-corrected chi connectivity index (χ2v) is 4.84. The summed E-state index contributed by atoms with van der Waals surface area (Å²) in [7, 11) is 1.47. The van der Waals surface area contributed by atoms with E-state index in [1.54, 1.807) is 0 Å². The molecule has 7 heteroatoms. The number of hydrogen-bond donors (Lipinski definition) is 0. The number of rotatable bonds is 5. The van der Waals surface area contributed by atoms with Gasteiger partial charge < -0.3 is 9.64 Å². The summed E-state index contributed by atoms with van der Waals surface area (Å²) in [6, 6.07) is 8.31. The molecule has 0 heterocycles. The zero-order valence-electron chi connectivity index (χ0n) is 12.1. The standard InChI is InChI=1S/C16H13F4NO2/c1-21(15(22)11-6-12(17)8-13(18)7-11)9-10-2-4-14(5-3-10)23-16(19)20/h2-8,16H,9H2,1H3. The summed E-state index contributed by atoms with van der Waals surface area (Å²) in [4.78, 5) is 13.4. The van der Waals surface area contributed by atoms with Crippen LogP contribution >= 0.6 is 0 Å². The molecule has 23 heavy (non-hydrogen) atoms. The number of halogens is 4. The monoisotopic (exact) mass is 327 g/mol. The molecule has 0 radical (unpaired) electrons. The molecule has 0 aliphatic carbocycles. The third-order valence-electron chi connectivity index (χ3n) is 3.02. The number of nitrogens with zero attached hydrogens (tertiary/aromatic N) is 1. The maximum atomic E-state index is 13.1. The van der Waals surface area contributed by atoms with Crippen molar-refractivity contribution in [3.8, 4) is 5.75 Å². The first kappa shape index (κ1) is 16.8. The highest BCUT2D eigenvalue weighted by Gasteiger charge is 2.14. The number of ether oxygens (including phenoxy) is 1. The topological polar surface area (TPSA) is 29.5 Å². The summed E-state index contributed by atoms with van der Waals surface area (Å²) in [6.07, 6.45) is 0. The van der Waals surface area contributed by atoms with Crippen molar-refractivity contribution in [3.63, 3.8) is 0 Å². The average molecular weight is 327 g/mol. The predicted octanol–water partition coefficient (Wildman–Crippen LogP) is 3.84. The molecule has 0 aliphatic heterocycles. The molecule has 2 aromatic carbocycles. The van der Waals surface area contributed by atoms with E-state index in [0.717, 1.165) is 12.1 Å². The van der Waals surface area contributed by atoms with Gasteiger partial charge in [-0.2, -0.15) is 8.78 Å². The Hall–Kier alpha value is -2.57. The number of hydrogen-bond acceptors (Lipinski definition) is 2. The van der Waals surface area contributed by atoms with Gasteiger partial charge in [0, 0.05) is 25.2 Å². The Morgan fingerprint density at radius 1 is 1.09 bits per heavy atom. The molecule has 0 bridgehead atoms. The number of amides is 1. The third-order valence-corrected chi connectivity index (χ3v) is 3.02. The van der Waals surface area contributed by atoms with Crippen molar-refractivity contribution < 1.29 is 27.1 Å². The van der Waals surface area contributed by atoms with Crippen molar-refractivity contribution in [1.29, 1.82) is 0 Å². The van der Waals surface area contributed by atoms with Crippen LogP contribution in [0.15, 0.2) is 42.5 Å². The number of carbonyl (C=O) groups excluding carboxylic acids is 1. The van der Waals surface area contributed by atoms with E-state index in [1.807, 2.05) is 0 Å². The van der Waals surface area contributed by atoms with Gasteiger partial charge in [-0.05, 0) is 29.8 Å². The minimum absolute atomic E-state index is 0.00457. The highest BCUT2D eigenvalue weighted by Crippen LogP contribution is 2.17. The van der Waals surface area contributed by atoms with Gasteiger partial charge in [-0.25, -0.2) is 8.78 Å². The number of carbonyl (C=O) groups is 1. The van der Waals surface area contributed by atoms with E-state index >= 15 is 0 Å². The first-order chi connectivity index (χ1) is 10.8. The summed E-state index contributed by atoms with van der Waals surface area (Å²) < 4.78 is 54.6. The molecule has 0 aliphatic rings. The van der Waals surface area contributed by atoms with E-state index in [0.29, 0.717) is 11.6 Å². The first-order valence-electron chi connectivity index (χ1n) is 6.60. The summed E-state index contributed by atoms with van der Waals surface area (Å²) >= 11 is 0. The van der Waals surface area contributed by atoms with Crippen molar-refractivity contribution in [2.45, 2.75) is 13.2 Å². The maximum absolute atomic E-state index is 13.1. The van der Waals surface area contributed by atoms with E-state index in [1.165, 1.54) is 36.2 Å². The van der Waals surface area contributed by atoms with Crippen LogP contribution in [0, 0.1) is 11.6 Å². The first-order valence-corrected chi connectivity index (χ1v) is 6.60. The highest BCUT2D eigenvalue weighted by atomic mass is 19.3. The lowest BCUT2D eigenvalue weighted by molar-refractivity contribution is -0.0498. The lowest BCUT2D eigenvalue weighted by Crippen LogP contribution is -2.26. The lowest BCUT2D eigenvalue weighted by atomic mass is 10.1. The zero-order valence-corrected chi connectivity index (χ0v) is 12.1. The molecule has 0 atom stereocenters. The molecular weight excluding hydrogens is 314 g/mol. The Bertz CT molecular complexity index is 669. The van der Waals surface area contributed by atoms with Gasteiger partial charge in [0.25, 0.3) is 5.91 Å². The summed E-state index contributed by atoms with van der Waals surface area (Å²) in [5, 5.41) is 0. The van der Waals surface area contributed by atoms with Gasteiger partial charge in [-0.15, -0.1) is 0 Å². The largest absolute Gasteiger partial charge is 0.435 e. The second-order valence-electron chi connectivity index (χ2n) is 4.84. The van der Waals surface area contributed by atoms with Gasteiger partial charge in [0.1, 0.15) is 17.4 Å². The van der Waals surface area contributed by atoms with Crippen LogP contribution in [-0.4, -0.2) is 24.5 Å². The molecule has 0 spiro atoms. The predicted molar refractivity (Wildman–Crippen MR) is 75.2 cm³/mol. The SMILES string of the molecule is CN(Cc1ccc(OC(F)F)cc1)C(=O)c1cc(F)cc(F)c1. The van der Waals surface area contributed by atoms with Crippen LogP contribution in [0.3, 0.4) is 0 Å². The van der Waals surface area contributed by atoms with Crippen LogP contribution in [0.1, 0.15) is 15.9 Å². The van der Waals surface area contributed by atoms with Gasteiger partial charge in [0.2, 0.25) is 0 Å². The minimum Gasteiger partial charge on any atom is -0.435 e. The third kappa shape index (κ3) is 4.70. The van der Waals surface area contributed by atoms with Gasteiger partial charge >= 0.3 is 6.61 Å². The second kappa shape index (κ2) is 7.13. The Kier molecular flexibility index (Phi) is 5.20. The molecule has 122 valence electrons. The molecule has 3 nitrogen and oxygen atoms in total. The Morgan fingerprint density at radius 3 is 2.17 bits per heavy atom. The van der Waals surface area contributed by atoms with Crippen LogP contribution in [0.5, 0.6) is 5.75 Å². The number of benzene rings is 2. The highest BCUT2D eigenvalue weighted by molar-refractivity contribution is 5.94. The van der Waals surface area contributed by atoms with Crippen LogP contribution in [0.4, 0.5) is 17.6 Å². The fourth-order valence-electron chi connectivity index (χ4n) is 2.02. The average Bonchev–Trinajstić information content (AvgIpc) is 2.47. The minimum atomic E-state index is -2.91. The Balaban J connectivity index is 2.05. The lowest BCUT2D eigenvalue weighted by Gasteiger charge is -2.17. The van der Waals surface area contributed by atoms with E-state index in [4.69, 9.17) is 0 Å². The molecular formula is C16H13F4NO2. The fourth-order valence-corrected chi connectivity index (χ4v) is 2.02. The molecule has 2 rings (SSSR count). The Labute approximate surface area is 130 Å². The molecule has 2 aromatic rings. The van der Waals surface area contributed by atoms with Crippen molar-refractivity contribution in [2.75, 3.05) is 7.05 Å². The quantitative estimate of drug-likeness (QED) is 0.781. The van der Waals surface area contributed by atoms with Gasteiger partial charge in [-0.3, -0.25) is 4.79 Å². The molecule has 1 amide bonds. The smallest absolute Gasteiger partial charge is 0.387 e. The van der Waals surface area contributed by atoms with Crippen molar-refractivity contribution >= 4 is 5.91 Å². The van der Waals surface area contributed by atoms with E-state index < -0.39 is 24.2 Å². The summed E-state index contributed by atoms with van der Waals surface area (Å²) in [5.41, 5.74) is 0.544. The molecule has 0 fully saturated rings. The van der Waals surface area contributed by atoms with Gasteiger partial charge in [-0.1, -0.05) is 12.1 Å². The van der Waals surface area contributed by atoms with Gasteiger partial charge in [0.15, 0.2) is 0 Å². The van der Waals surface area contributed by atoms with E-state index in [2.05, 4.69) is 4.74 Å². The normalized spacial score (nSPS) is 10.7. The zero-order chi connectivity index (χ0) is 17.0. The summed E-state index contributed by atoms with van der Waals surface area (Å²) in [6.45, 7) is -2.76. The van der Waals surface area contributed by atoms with Crippen molar-refractivity contribution in [1.82, 2.24) is 4.90 Å². The van der Waals surface area contributed by atoms with E-state index in [9.17, 15) is 22.4 Å². The number of alkyl halides is 2. The molecule has 0 aromatic heterocycles. The van der Waals surface area contributed by atoms with Crippen LogP contribution < -0.4 is 4.74 Å². The van der Waals surface area contributed by atoms with Crippen molar-refractivity contribution in [2.24, 2.45) is 0 Å². The van der Waals surface area contributed by atoms with Crippen LogP contribution in [-0.2, 0) is 6.54 Å². The molecule has 0 N–H and O–H groups in total. The van der Waals surface area contributed by atoms with Gasteiger partial charge in [0.05, 0.1) is 0 Å². The van der Waals surface area contributed by atoms with Crippen LogP contribution in [0.2, 0.25) is 0 Å². The maximum Gasteiger partial charge on any atom is 0.387 e. The molecule has 0 saturated carbocycles. The van der Waals surface area contributed by atoms with Crippen LogP contribution in [0.25, 0.3) is 0 Å². The van der Waals surface area contributed by atoms with E-state index in [-0.39, 0.29) is 17.9 Å².